The molecule has 0 amide bonds. The van der Waals surface area contributed by atoms with Gasteiger partial charge in [-0.2, -0.15) is 0 Å². The van der Waals surface area contributed by atoms with Gasteiger partial charge in [0.05, 0.1) is 6.26 Å². The smallest absolute Gasteiger partial charge is 0.134 e. The molecule has 1 aliphatic rings. The Balaban J connectivity index is 1.56. The van der Waals surface area contributed by atoms with Crippen LogP contribution in [-0.2, 0) is 0 Å². The Morgan fingerprint density at radius 2 is 2.06 bits per heavy atom. The summed E-state index contributed by atoms with van der Waals surface area (Å²) in [6.45, 7) is 4.25. The minimum Gasteiger partial charge on any atom is -0.492 e. The fourth-order valence-corrected chi connectivity index (χ4v) is 2.33. The minimum absolute atomic E-state index is 0.767. The van der Waals surface area contributed by atoms with Gasteiger partial charge in [0.2, 0.25) is 0 Å². The van der Waals surface area contributed by atoms with E-state index >= 15 is 0 Å². The first-order chi connectivity index (χ1) is 8.42. The molecule has 0 aliphatic carbocycles. The zero-order valence-corrected chi connectivity index (χ0v) is 9.89. The standard InChI is InChI=1S/C14H17NO2/c1-2-7-15(6-1)8-10-16-13-3-4-14-12(11-13)5-9-17-14/h3-5,9,11H,1-2,6-8,10H2. The van der Waals surface area contributed by atoms with Crippen molar-refractivity contribution >= 4 is 11.0 Å². The quantitative estimate of drug-likeness (QED) is 0.809. The molecule has 1 aromatic heterocycles. The first-order valence-electron chi connectivity index (χ1n) is 6.24. The average molecular weight is 231 g/mol. The third kappa shape index (κ3) is 2.44. The van der Waals surface area contributed by atoms with E-state index in [2.05, 4.69) is 4.90 Å². The highest BCUT2D eigenvalue weighted by atomic mass is 16.5. The Hall–Kier alpha value is -1.48. The molecule has 2 aromatic rings. The van der Waals surface area contributed by atoms with Crippen LogP contribution in [0.2, 0.25) is 0 Å². The van der Waals surface area contributed by atoms with E-state index in [-0.39, 0.29) is 0 Å². The second kappa shape index (κ2) is 4.80. The van der Waals surface area contributed by atoms with E-state index < -0.39 is 0 Å². The number of rotatable bonds is 4. The van der Waals surface area contributed by atoms with Crippen LogP contribution < -0.4 is 4.74 Å². The van der Waals surface area contributed by atoms with E-state index in [1.165, 1.54) is 25.9 Å². The molecule has 0 radical (unpaired) electrons. The van der Waals surface area contributed by atoms with E-state index in [1.807, 2.05) is 24.3 Å². The lowest BCUT2D eigenvalue weighted by atomic mass is 10.2. The van der Waals surface area contributed by atoms with Crippen LogP contribution in [-0.4, -0.2) is 31.1 Å². The van der Waals surface area contributed by atoms with Crippen molar-refractivity contribution in [3.05, 3.63) is 30.5 Å². The maximum absolute atomic E-state index is 5.76. The van der Waals surface area contributed by atoms with Gasteiger partial charge in [-0.15, -0.1) is 0 Å². The Labute approximate surface area is 101 Å². The molecule has 2 heterocycles. The van der Waals surface area contributed by atoms with Crippen molar-refractivity contribution in [3.63, 3.8) is 0 Å². The molecule has 3 rings (SSSR count). The molecular formula is C14H17NO2. The molecule has 0 atom stereocenters. The van der Waals surface area contributed by atoms with Crippen LogP contribution in [0.4, 0.5) is 0 Å². The second-order valence-corrected chi connectivity index (χ2v) is 4.52. The maximum Gasteiger partial charge on any atom is 0.134 e. The van der Waals surface area contributed by atoms with Crippen molar-refractivity contribution < 1.29 is 9.15 Å². The van der Waals surface area contributed by atoms with Gasteiger partial charge >= 0.3 is 0 Å². The summed E-state index contributed by atoms with van der Waals surface area (Å²) in [5.41, 5.74) is 0.914. The summed E-state index contributed by atoms with van der Waals surface area (Å²) in [6.07, 6.45) is 4.38. The van der Waals surface area contributed by atoms with Gasteiger partial charge in [0, 0.05) is 11.9 Å². The van der Waals surface area contributed by atoms with Crippen molar-refractivity contribution in [1.82, 2.24) is 4.90 Å². The summed E-state index contributed by atoms with van der Waals surface area (Å²) in [5.74, 6) is 0.929. The highest BCUT2D eigenvalue weighted by Gasteiger charge is 2.10. The molecule has 3 heteroatoms. The van der Waals surface area contributed by atoms with E-state index in [4.69, 9.17) is 9.15 Å². The van der Waals surface area contributed by atoms with Crippen molar-refractivity contribution in [2.45, 2.75) is 12.8 Å². The fourth-order valence-electron chi connectivity index (χ4n) is 2.33. The molecule has 0 spiro atoms. The monoisotopic (exact) mass is 231 g/mol. The predicted molar refractivity (Wildman–Crippen MR) is 67.4 cm³/mol. The van der Waals surface area contributed by atoms with Crippen LogP contribution in [0.5, 0.6) is 5.75 Å². The van der Waals surface area contributed by atoms with Crippen LogP contribution in [0.15, 0.2) is 34.9 Å². The number of hydrogen-bond acceptors (Lipinski definition) is 3. The zero-order chi connectivity index (χ0) is 11.5. The first kappa shape index (κ1) is 10.7. The van der Waals surface area contributed by atoms with E-state index in [9.17, 15) is 0 Å². The normalized spacial score (nSPS) is 16.7. The summed E-state index contributed by atoms with van der Waals surface area (Å²) >= 11 is 0. The summed E-state index contributed by atoms with van der Waals surface area (Å²) in [6, 6.07) is 7.92. The van der Waals surface area contributed by atoms with Gasteiger partial charge in [0.1, 0.15) is 17.9 Å². The molecule has 17 heavy (non-hydrogen) atoms. The summed E-state index contributed by atoms with van der Waals surface area (Å²) < 4.78 is 11.1. The van der Waals surface area contributed by atoms with Crippen LogP contribution in [0.25, 0.3) is 11.0 Å². The zero-order valence-electron chi connectivity index (χ0n) is 9.89. The van der Waals surface area contributed by atoms with Crippen LogP contribution in [0.1, 0.15) is 12.8 Å². The molecule has 90 valence electrons. The van der Waals surface area contributed by atoms with E-state index in [1.54, 1.807) is 6.26 Å². The number of ether oxygens (including phenoxy) is 1. The maximum atomic E-state index is 5.76. The van der Waals surface area contributed by atoms with Crippen molar-refractivity contribution in [2.75, 3.05) is 26.2 Å². The Kier molecular flexibility index (Phi) is 3.01. The fraction of sp³-hybridized carbons (Fsp3) is 0.429. The molecule has 0 N–H and O–H groups in total. The second-order valence-electron chi connectivity index (χ2n) is 4.52. The largest absolute Gasteiger partial charge is 0.492 e. The lowest BCUT2D eigenvalue weighted by Gasteiger charge is -2.14. The highest BCUT2D eigenvalue weighted by molar-refractivity contribution is 5.78. The van der Waals surface area contributed by atoms with E-state index in [0.717, 1.165) is 29.9 Å². The number of nitrogens with zero attached hydrogens (tertiary/aromatic N) is 1. The highest BCUT2D eigenvalue weighted by Crippen LogP contribution is 2.21. The lowest BCUT2D eigenvalue weighted by Crippen LogP contribution is -2.25. The van der Waals surface area contributed by atoms with E-state index in [0.29, 0.717) is 0 Å². The number of hydrogen-bond donors (Lipinski definition) is 0. The third-order valence-corrected chi connectivity index (χ3v) is 3.30. The predicted octanol–water partition coefficient (Wildman–Crippen LogP) is 2.91. The Morgan fingerprint density at radius 1 is 1.18 bits per heavy atom. The van der Waals surface area contributed by atoms with Gasteiger partial charge in [0.25, 0.3) is 0 Å². The number of likely N-dealkylation sites (tertiary alicyclic amines) is 1. The van der Waals surface area contributed by atoms with Gasteiger partial charge in [-0.25, -0.2) is 0 Å². The lowest BCUT2D eigenvalue weighted by molar-refractivity contribution is 0.238. The molecule has 0 unspecified atom stereocenters. The van der Waals surface area contributed by atoms with Crippen molar-refractivity contribution in [3.8, 4) is 5.75 Å². The molecule has 3 nitrogen and oxygen atoms in total. The number of fused-ring (bicyclic) bond motifs is 1. The Bertz CT molecular complexity index is 486. The number of furan rings is 1. The van der Waals surface area contributed by atoms with Crippen molar-refractivity contribution in [2.24, 2.45) is 0 Å². The summed E-state index contributed by atoms with van der Waals surface area (Å²) in [4.78, 5) is 2.45. The topological polar surface area (TPSA) is 25.6 Å². The first-order valence-corrected chi connectivity index (χ1v) is 6.24. The van der Waals surface area contributed by atoms with Crippen LogP contribution in [0.3, 0.4) is 0 Å². The molecule has 0 bridgehead atoms. The SMILES string of the molecule is c1cc2cc(OCCN3CCCC3)ccc2o1. The Morgan fingerprint density at radius 3 is 2.94 bits per heavy atom. The minimum atomic E-state index is 0.767. The molecule has 1 aliphatic heterocycles. The van der Waals surface area contributed by atoms with Gasteiger partial charge in [-0.1, -0.05) is 0 Å². The van der Waals surface area contributed by atoms with Gasteiger partial charge in [-0.3, -0.25) is 4.90 Å². The van der Waals surface area contributed by atoms with Crippen LogP contribution in [0, 0.1) is 0 Å². The van der Waals surface area contributed by atoms with Gasteiger partial charge < -0.3 is 9.15 Å². The van der Waals surface area contributed by atoms with Crippen LogP contribution >= 0.6 is 0 Å². The number of benzene rings is 1. The molecule has 1 saturated heterocycles. The molecule has 1 fully saturated rings. The summed E-state index contributed by atoms with van der Waals surface area (Å²) in [7, 11) is 0. The third-order valence-electron chi connectivity index (χ3n) is 3.30. The average Bonchev–Trinajstić information content (AvgIpc) is 2.98. The van der Waals surface area contributed by atoms with Gasteiger partial charge in [-0.05, 0) is 50.2 Å². The molecular weight excluding hydrogens is 214 g/mol. The summed E-state index contributed by atoms with van der Waals surface area (Å²) in [5, 5.41) is 1.10. The molecule has 1 aromatic carbocycles. The van der Waals surface area contributed by atoms with Crippen molar-refractivity contribution in [1.29, 1.82) is 0 Å². The molecule has 0 saturated carbocycles. The van der Waals surface area contributed by atoms with Gasteiger partial charge in [0.15, 0.2) is 0 Å².